The quantitative estimate of drug-likeness (QED) is 0.394. The molecule has 198 valence electrons. The van der Waals surface area contributed by atoms with Gasteiger partial charge in [-0.1, -0.05) is 20.3 Å². The molecule has 0 aromatic rings. The van der Waals surface area contributed by atoms with Crippen LogP contribution in [-0.2, 0) is 14.3 Å². The Morgan fingerprint density at radius 1 is 0.857 bits per heavy atom. The number of fused-ring (bicyclic) bond motifs is 5. The number of carbonyl (C=O) groups excluding carboxylic acids is 2. The van der Waals surface area contributed by atoms with Crippen molar-refractivity contribution in [1.29, 1.82) is 0 Å². The lowest BCUT2D eigenvalue weighted by Gasteiger charge is -2.60. The number of hydrogen-bond donors (Lipinski definition) is 0. The van der Waals surface area contributed by atoms with Gasteiger partial charge in [-0.05, 0) is 126 Å². The van der Waals surface area contributed by atoms with Gasteiger partial charge in [0.25, 0.3) is 0 Å². The van der Waals surface area contributed by atoms with Crippen LogP contribution in [0.3, 0.4) is 0 Å². The molecule has 5 rings (SSSR count). The largest absolute Gasteiger partial charge is 0.462 e. The Morgan fingerprint density at radius 2 is 1.60 bits per heavy atom. The fourth-order valence-electron chi connectivity index (χ4n) is 9.20. The second kappa shape index (κ2) is 9.24. The highest BCUT2D eigenvalue weighted by atomic mass is 16.6. The zero-order valence-electron chi connectivity index (χ0n) is 22.9. The summed E-state index contributed by atoms with van der Waals surface area (Å²) in [6.07, 6.45) is 14.4. The number of piperidine rings is 1. The van der Waals surface area contributed by atoms with E-state index in [0.29, 0.717) is 42.7 Å². The predicted octanol–water partition coefficient (Wildman–Crippen LogP) is 6.98. The van der Waals surface area contributed by atoms with Crippen molar-refractivity contribution in [3.8, 4) is 0 Å². The summed E-state index contributed by atoms with van der Waals surface area (Å²) >= 11 is 0. The summed E-state index contributed by atoms with van der Waals surface area (Å²) in [5, 5.41) is 0. The Bertz CT molecular complexity index is 812. The summed E-state index contributed by atoms with van der Waals surface area (Å²) < 4.78 is 11.6. The first-order chi connectivity index (χ1) is 16.5. The van der Waals surface area contributed by atoms with Crippen LogP contribution in [0.5, 0.6) is 0 Å². The second-order valence-electron chi connectivity index (χ2n) is 14.3. The van der Waals surface area contributed by atoms with Crippen LogP contribution in [0.25, 0.3) is 0 Å². The number of hydrogen-bond acceptors (Lipinski definition) is 4. The van der Waals surface area contributed by atoms with E-state index in [2.05, 4.69) is 13.8 Å². The van der Waals surface area contributed by atoms with E-state index in [1.54, 1.807) is 4.90 Å². The summed E-state index contributed by atoms with van der Waals surface area (Å²) in [7, 11) is 0. The van der Waals surface area contributed by atoms with Gasteiger partial charge in [-0.2, -0.15) is 0 Å². The summed E-state index contributed by atoms with van der Waals surface area (Å²) in [4.78, 5) is 27.1. The summed E-state index contributed by atoms with van der Waals surface area (Å²) in [6.45, 7) is 12.0. The van der Waals surface area contributed by atoms with Crippen molar-refractivity contribution in [3.05, 3.63) is 0 Å². The first-order valence-corrected chi connectivity index (χ1v) is 14.7. The molecule has 4 aliphatic carbocycles. The molecule has 4 saturated carbocycles. The smallest absolute Gasteiger partial charge is 0.410 e. The van der Waals surface area contributed by atoms with E-state index in [4.69, 9.17) is 9.47 Å². The zero-order valence-corrected chi connectivity index (χ0v) is 22.9. The predicted molar refractivity (Wildman–Crippen MR) is 137 cm³/mol. The van der Waals surface area contributed by atoms with Crippen LogP contribution in [0.1, 0.15) is 112 Å². The number of carbonyl (C=O) groups is 2. The lowest BCUT2D eigenvalue weighted by atomic mass is 9.45. The number of rotatable bonds is 2. The van der Waals surface area contributed by atoms with Gasteiger partial charge in [0.05, 0.1) is 5.92 Å². The van der Waals surface area contributed by atoms with Gasteiger partial charge in [0, 0.05) is 13.1 Å². The van der Waals surface area contributed by atoms with E-state index >= 15 is 0 Å². The zero-order chi connectivity index (χ0) is 25.0. The normalized spacial score (nSPS) is 42.0. The van der Waals surface area contributed by atoms with Gasteiger partial charge in [0.2, 0.25) is 0 Å². The number of amides is 1. The number of esters is 1. The van der Waals surface area contributed by atoms with E-state index in [-0.39, 0.29) is 24.1 Å². The molecule has 0 N–H and O–H groups in total. The molecule has 7 atom stereocenters. The van der Waals surface area contributed by atoms with Crippen LogP contribution in [0.2, 0.25) is 0 Å². The Kier molecular flexibility index (Phi) is 6.70. The Morgan fingerprint density at radius 3 is 2.31 bits per heavy atom. The highest BCUT2D eigenvalue weighted by molar-refractivity contribution is 5.74. The number of ether oxygens (including phenoxy) is 2. The minimum absolute atomic E-state index is 0.0319. The van der Waals surface area contributed by atoms with Crippen LogP contribution < -0.4 is 0 Å². The van der Waals surface area contributed by atoms with Gasteiger partial charge in [-0.15, -0.1) is 0 Å². The van der Waals surface area contributed by atoms with Crippen molar-refractivity contribution in [2.45, 2.75) is 123 Å². The molecule has 1 amide bonds. The van der Waals surface area contributed by atoms with Crippen LogP contribution in [0.4, 0.5) is 4.79 Å². The van der Waals surface area contributed by atoms with Gasteiger partial charge in [0.1, 0.15) is 11.7 Å². The third-order valence-corrected chi connectivity index (χ3v) is 11.2. The minimum atomic E-state index is -0.490. The Balaban J connectivity index is 1.13. The molecule has 1 heterocycles. The average Bonchev–Trinajstić information content (AvgIpc) is 3.20. The molecule has 1 aliphatic heterocycles. The molecule has 0 spiro atoms. The maximum Gasteiger partial charge on any atom is 0.410 e. The standard InChI is InChI=1S/C30H49NO4/c1-28(2,3)35-27(33)31-17-12-20(13-18-31)26(32)34-22-10-16-30(5)21(19-22)8-9-23-24-7-6-14-29(24,4)15-11-25(23)30/h20-25H,6-19H2,1-5H3/t21?,22-,23-,24-,25-,29-,30-/m0/s1. The molecule has 1 unspecified atom stereocenters. The van der Waals surface area contributed by atoms with Crippen LogP contribution >= 0.6 is 0 Å². The van der Waals surface area contributed by atoms with E-state index in [9.17, 15) is 9.59 Å². The van der Waals surface area contributed by atoms with E-state index < -0.39 is 5.60 Å². The summed E-state index contributed by atoms with van der Waals surface area (Å²) in [5.41, 5.74) is 0.570. The Labute approximate surface area is 213 Å². The molecule has 35 heavy (non-hydrogen) atoms. The van der Waals surface area contributed by atoms with E-state index in [1.165, 1.54) is 51.4 Å². The molecular weight excluding hydrogens is 438 g/mol. The molecule has 1 saturated heterocycles. The number of likely N-dealkylation sites (tertiary alicyclic amines) is 1. The fraction of sp³-hybridized carbons (Fsp3) is 0.933. The van der Waals surface area contributed by atoms with Gasteiger partial charge in [-0.3, -0.25) is 4.79 Å². The first kappa shape index (κ1) is 25.4. The fourth-order valence-corrected chi connectivity index (χ4v) is 9.20. The van der Waals surface area contributed by atoms with Crippen molar-refractivity contribution in [2.75, 3.05) is 13.1 Å². The van der Waals surface area contributed by atoms with Crippen LogP contribution in [0, 0.1) is 40.4 Å². The van der Waals surface area contributed by atoms with E-state index in [0.717, 1.165) is 30.6 Å². The molecule has 5 aliphatic rings. The SMILES string of the molecule is CC(C)(C)OC(=O)N1CCC(C(=O)O[C@H]2CC[C@@]3(C)C(CC[C@H]4[C@@H]5CCC[C@@]5(C)CC[C@@H]43)C2)CC1. The van der Waals surface area contributed by atoms with Crippen molar-refractivity contribution in [2.24, 2.45) is 40.4 Å². The third kappa shape index (κ3) is 4.87. The van der Waals surface area contributed by atoms with Gasteiger partial charge >= 0.3 is 12.1 Å². The van der Waals surface area contributed by atoms with Crippen molar-refractivity contribution >= 4 is 12.1 Å². The number of nitrogens with zero attached hydrogens (tertiary/aromatic N) is 1. The maximum atomic E-state index is 13.0. The first-order valence-electron chi connectivity index (χ1n) is 14.7. The van der Waals surface area contributed by atoms with Crippen LogP contribution in [0.15, 0.2) is 0 Å². The molecular formula is C30H49NO4. The lowest BCUT2D eigenvalue weighted by Crippen LogP contribution is -2.53. The molecule has 5 fully saturated rings. The molecule has 0 aromatic carbocycles. The summed E-state index contributed by atoms with van der Waals surface area (Å²) in [5.74, 6) is 3.36. The minimum Gasteiger partial charge on any atom is -0.462 e. The van der Waals surface area contributed by atoms with E-state index in [1.807, 2.05) is 20.8 Å². The molecule has 0 radical (unpaired) electrons. The van der Waals surface area contributed by atoms with Crippen molar-refractivity contribution < 1.29 is 19.1 Å². The van der Waals surface area contributed by atoms with Gasteiger partial charge in [0.15, 0.2) is 0 Å². The third-order valence-electron chi connectivity index (χ3n) is 11.2. The lowest BCUT2D eigenvalue weighted by molar-refractivity contribution is -0.167. The van der Waals surface area contributed by atoms with Gasteiger partial charge < -0.3 is 14.4 Å². The van der Waals surface area contributed by atoms with Crippen molar-refractivity contribution in [1.82, 2.24) is 4.90 Å². The van der Waals surface area contributed by atoms with Crippen LogP contribution in [-0.4, -0.2) is 41.8 Å². The molecule has 0 bridgehead atoms. The highest BCUT2D eigenvalue weighted by Gasteiger charge is 2.58. The van der Waals surface area contributed by atoms with Crippen molar-refractivity contribution in [3.63, 3.8) is 0 Å². The second-order valence-corrected chi connectivity index (χ2v) is 14.3. The highest BCUT2D eigenvalue weighted by Crippen LogP contribution is 2.66. The molecule has 5 nitrogen and oxygen atoms in total. The Hall–Kier alpha value is -1.26. The molecule has 0 aromatic heterocycles. The monoisotopic (exact) mass is 487 g/mol. The summed E-state index contributed by atoms with van der Waals surface area (Å²) in [6, 6.07) is 0. The van der Waals surface area contributed by atoms with Gasteiger partial charge in [-0.25, -0.2) is 4.79 Å². The topological polar surface area (TPSA) is 55.8 Å². The average molecular weight is 488 g/mol. The maximum absolute atomic E-state index is 13.0. The molecule has 5 heteroatoms.